The van der Waals surface area contributed by atoms with Crippen molar-refractivity contribution in [3.63, 3.8) is 0 Å². The van der Waals surface area contributed by atoms with Crippen molar-refractivity contribution in [1.29, 1.82) is 0 Å². The van der Waals surface area contributed by atoms with Gasteiger partial charge in [-0.2, -0.15) is 0 Å². The van der Waals surface area contributed by atoms with E-state index in [0.29, 0.717) is 19.8 Å². The fraction of sp³-hybridized carbons (Fsp3) is 1.00. The van der Waals surface area contributed by atoms with Gasteiger partial charge in [0.15, 0.2) is 0 Å². The molecule has 0 unspecified atom stereocenters. The Morgan fingerprint density at radius 3 is 0.938 bits per heavy atom. The first-order valence-corrected chi connectivity index (χ1v) is 14.2. The smallest absolute Gasteiger partial charge is 0.0865 e. The van der Waals surface area contributed by atoms with Crippen LogP contribution in [0.25, 0.3) is 0 Å². The Morgan fingerprint density at radius 2 is 0.656 bits per heavy atom. The molecule has 0 aliphatic rings. The molecule has 0 aliphatic carbocycles. The quantitative estimate of drug-likeness (QED) is 0.128. The summed E-state index contributed by atoms with van der Waals surface area (Å²) in [5.74, 6) is 0. The third kappa shape index (κ3) is 23.0. The molecule has 2 N–H and O–H groups in total. The molecule has 0 fully saturated rings. The summed E-state index contributed by atoms with van der Waals surface area (Å²) >= 11 is 0. The lowest BCUT2D eigenvalue weighted by atomic mass is 10.1. The first-order valence-electron chi connectivity index (χ1n) is 14.2. The number of hydrogen-bond acceptors (Lipinski definition) is 4. The molecule has 0 aliphatic heterocycles. The zero-order valence-electron chi connectivity index (χ0n) is 22.3. The molecule has 0 bridgehead atoms. The second kappa shape index (κ2) is 25.5. The highest BCUT2D eigenvalue weighted by Crippen LogP contribution is 2.11. The van der Waals surface area contributed by atoms with Crippen molar-refractivity contribution >= 4 is 0 Å². The summed E-state index contributed by atoms with van der Waals surface area (Å²) in [7, 11) is 0. The summed E-state index contributed by atoms with van der Waals surface area (Å²) in [6, 6.07) is 0. The average molecular weight is 458 g/mol. The van der Waals surface area contributed by atoms with Crippen molar-refractivity contribution < 1.29 is 14.2 Å². The van der Waals surface area contributed by atoms with E-state index in [9.17, 15) is 0 Å². The molecule has 0 aromatic rings. The maximum atomic E-state index is 6.66. The van der Waals surface area contributed by atoms with Crippen LogP contribution in [0.3, 0.4) is 0 Å². The average Bonchev–Trinajstić information content (AvgIpc) is 2.79. The molecule has 4 nitrogen and oxygen atoms in total. The summed E-state index contributed by atoms with van der Waals surface area (Å²) in [4.78, 5) is 0. The Labute approximate surface area is 201 Å². The second-order valence-corrected chi connectivity index (χ2v) is 9.82. The Balaban J connectivity index is 4.04. The van der Waals surface area contributed by atoms with E-state index in [0.717, 1.165) is 39.1 Å². The predicted octanol–water partition coefficient (Wildman–Crippen LogP) is 7.82. The molecule has 0 spiro atoms. The molecule has 4 heteroatoms. The van der Waals surface area contributed by atoms with Crippen molar-refractivity contribution in [3.05, 3.63) is 0 Å². The normalized spacial score (nSPS) is 12.0. The number of unbranched alkanes of at least 4 members (excludes halogenated alkanes) is 15. The second-order valence-electron chi connectivity index (χ2n) is 9.82. The molecule has 0 saturated heterocycles. The SMILES string of the molecule is CCCCCCCCOCC(N)(COCCCCCCCC)COCCCCCCCC. The van der Waals surface area contributed by atoms with Crippen LogP contribution in [0.1, 0.15) is 136 Å². The molecule has 0 saturated carbocycles. The predicted molar refractivity (Wildman–Crippen MR) is 140 cm³/mol. The molecule has 0 aromatic heterocycles. The van der Waals surface area contributed by atoms with Crippen molar-refractivity contribution in [2.75, 3.05) is 39.6 Å². The van der Waals surface area contributed by atoms with Crippen molar-refractivity contribution in [2.45, 2.75) is 142 Å². The van der Waals surface area contributed by atoms with Gasteiger partial charge in [-0.3, -0.25) is 0 Å². The molecule has 0 atom stereocenters. The summed E-state index contributed by atoms with van der Waals surface area (Å²) in [5, 5.41) is 0. The largest absolute Gasteiger partial charge is 0.379 e. The van der Waals surface area contributed by atoms with Gasteiger partial charge >= 0.3 is 0 Å². The van der Waals surface area contributed by atoms with Crippen LogP contribution in [0.2, 0.25) is 0 Å². The number of rotatable bonds is 27. The lowest BCUT2D eigenvalue weighted by molar-refractivity contribution is -0.0245. The first-order chi connectivity index (χ1) is 15.7. The standard InChI is InChI=1S/C28H59NO3/c1-4-7-10-13-16-19-22-30-25-28(29,26-31-23-20-17-14-11-8-5-2)27-32-24-21-18-15-12-9-6-3/h4-27,29H2,1-3H3. The lowest BCUT2D eigenvalue weighted by Gasteiger charge is -2.29. The molecule has 0 radical (unpaired) electrons. The maximum absolute atomic E-state index is 6.66. The van der Waals surface area contributed by atoms with E-state index in [4.69, 9.17) is 19.9 Å². The lowest BCUT2D eigenvalue weighted by Crippen LogP contribution is -2.53. The number of ether oxygens (including phenoxy) is 3. The Morgan fingerprint density at radius 1 is 0.406 bits per heavy atom. The van der Waals surface area contributed by atoms with Gasteiger partial charge in [0.05, 0.1) is 25.4 Å². The third-order valence-corrected chi connectivity index (χ3v) is 6.10. The van der Waals surface area contributed by atoms with Gasteiger partial charge in [0, 0.05) is 19.8 Å². The highest BCUT2D eigenvalue weighted by Gasteiger charge is 2.26. The zero-order chi connectivity index (χ0) is 23.6. The molecule has 32 heavy (non-hydrogen) atoms. The van der Waals surface area contributed by atoms with Crippen LogP contribution in [0, 0.1) is 0 Å². The van der Waals surface area contributed by atoms with Gasteiger partial charge in [-0.25, -0.2) is 0 Å². The van der Waals surface area contributed by atoms with Crippen molar-refractivity contribution in [2.24, 2.45) is 5.73 Å². The molecule has 0 heterocycles. The number of nitrogens with two attached hydrogens (primary N) is 1. The Kier molecular flexibility index (Phi) is 25.3. The fourth-order valence-electron chi connectivity index (χ4n) is 3.90. The van der Waals surface area contributed by atoms with Gasteiger partial charge in [0.25, 0.3) is 0 Å². The molecule has 0 aromatic carbocycles. The fourth-order valence-corrected chi connectivity index (χ4v) is 3.90. The van der Waals surface area contributed by atoms with E-state index in [2.05, 4.69) is 20.8 Å². The third-order valence-electron chi connectivity index (χ3n) is 6.10. The Hall–Kier alpha value is -0.160. The van der Waals surface area contributed by atoms with Gasteiger partial charge < -0.3 is 19.9 Å². The van der Waals surface area contributed by atoms with Gasteiger partial charge in [0.2, 0.25) is 0 Å². The van der Waals surface area contributed by atoms with Crippen LogP contribution in [-0.4, -0.2) is 45.2 Å². The molecule has 0 rings (SSSR count). The summed E-state index contributed by atoms with van der Waals surface area (Å²) in [6.07, 6.45) is 23.0. The van der Waals surface area contributed by atoms with Crippen LogP contribution < -0.4 is 5.73 Å². The topological polar surface area (TPSA) is 53.7 Å². The minimum atomic E-state index is -0.535. The van der Waals surface area contributed by atoms with E-state index in [1.54, 1.807) is 0 Å². The van der Waals surface area contributed by atoms with Gasteiger partial charge in [-0.1, -0.05) is 117 Å². The summed E-state index contributed by atoms with van der Waals surface area (Å²) in [5.41, 5.74) is 6.13. The van der Waals surface area contributed by atoms with Crippen LogP contribution in [0.5, 0.6) is 0 Å². The van der Waals surface area contributed by atoms with Crippen LogP contribution in [0.15, 0.2) is 0 Å². The maximum Gasteiger partial charge on any atom is 0.0865 e. The zero-order valence-corrected chi connectivity index (χ0v) is 22.3. The number of hydrogen-bond donors (Lipinski definition) is 1. The highest BCUT2D eigenvalue weighted by molar-refractivity contribution is 4.84. The van der Waals surface area contributed by atoms with Gasteiger partial charge in [0.1, 0.15) is 0 Å². The van der Waals surface area contributed by atoms with Gasteiger partial charge in [-0.05, 0) is 19.3 Å². The van der Waals surface area contributed by atoms with E-state index in [1.165, 1.54) is 96.3 Å². The summed E-state index contributed by atoms with van der Waals surface area (Å²) in [6.45, 7) is 10.7. The monoisotopic (exact) mass is 457 g/mol. The van der Waals surface area contributed by atoms with Crippen LogP contribution >= 0.6 is 0 Å². The van der Waals surface area contributed by atoms with Gasteiger partial charge in [-0.15, -0.1) is 0 Å². The molecule has 0 amide bonds. The van der Waals surface area contributed by atoms with Crippen molar-refractivity contribution in [1.82, 2.24) is 0 Å². The Bertz CT molecular complexity index is 301. The highest BCUT2D eigenvalue weighted by atomic mass is 16.5. The van der Waals surface area contributed by atoms with Crippen LogP contribution in [0.4, 0.5) is 0 Å². The van der Waals surface area contributed by atoms with Crippen LogP contribution in [-0.2, 0) is 14.2 Å². The minimum absolute atomic E-state index is 0.523. The molecular formula is C28H59NO3. The molecule has 194 valence electrons. The minimum Gasteiger partial charge on any atom is -0.379 e. The summed E-state index contributed by atoms with van der Waals surface area (Å²) < 4.78 is 17.9. The molecular weight excluding hydrogens is 398 g/mol. The van der Waals surface area contributed by atoms with Crippen molar-refractivity contribution in [3.8, 4) is 0 Å². The van der Waals surface area contributed by atoms with E-state index >= 15 is 0 Å². The van der Waals surface area contributed by atoms with E-state index in [-0.39, 0.29) is 0 Å². The first kappa shape index (κ1) is 31.8. The van der Waals surface area contributed by atoms with E-state index < -0.39 is 5.54 Å². The van der Waals surface area contributed by atoms with E-state index in [1.807, 2.05) is 0 Å².